The van der Waals surface area contributed by atoms with E-state index in [1.54, 1.807) is 0 Å². The molecule has 1 amide bonds. The molecule has 3 rings (SSSR count). The van der Waals surface area contributed by atoms with Gasteiger partial charge in [0.05, 0.1) is 17.7 Å². The molecule has 5 heteroatoms. The number of carbonyl (C=O) groups is 1. The van der Waals surface area contributed by atoms with Crippen LogP contribution in [0.15, 0.2) is 24.3 Å². The second-order valence-electron chi connectivity index (χ2n) is 8.00. The van der Waals surface area contributed by atoms with Crippen LogP contribution >= 0.6 is 0 Å². The number of amides is 1. The minimum atomic E-state index is -0.282. The maximum absolute atomic E-state index is 12.5. The first kappa shape index (κ1) is 18.4. The second kappa shape index (κ2) is 7.44. The van der Waals surface area contributed by atoms with Crippen LogP contribution in [0.1, 0.15) is 49.5 Å². The number of hydrogen-bond donors (Lipinski definition) is 2. The van der Waals surface area contributed by atoms with Crippen molar-refractivity contribution in [2.75, 3.05) is 19.6 Å². The van der Waals surface area contributed by atoms with Crippen LogP contribution in [0.5, 0.6) is 0 Å². The highest BCUT2D eigenvalue weighted by molar-refractivity contribution is 5.94. The zero-order valence-corrected chi connectivity index (χ0v) is 15.6. The number of nitrogens with one attached hydrogen (secondary N) is 1. The fraction of sp³-hybridized carbons (Fsp3) is 0.650. The minimum absolute atomic E-state index is 0.0278. The quantitative estimate of drug-likeness (QED) is 0.829. The third-order valence-corrected chi connectivity index (χ3v) is 5.42. The molecule has 3 atom stereocenters. The predicted octanol–water partition coefficient (Wildman–Crippen LogP) is 2.15. The van der Waals surface area contributed by atoms with Crippen molar-refractivity contribution in [3.8, 4) is 0 Å². The molecule has 1 aliphatic carbocycles. The Hall–Kier alpha value is -1.43. The number of nitrogens with zero attached hydrogens (tertiary/aromatic N) is 1. The highest BCUT2D eigenvalue weighted by Crippen LogP contribution is 2.39. The number of ether oxygens (including phenoxy) is 1. The number of hydrogen-bond acceptors (Lipinski definition) is 4. The lowest BCUT2D eigenvalue weighted by Gasteiger charge is -2.35. The third-order valence-electron chi connectivity index (χ3n) is 5.42. The molecule has 1 aliphatic heterocycles. The maximum Gasteiger partial charge on any atom is 0.251 e. The molecule has 0 aromatic heterocycles. The predicted molar refractivity (Wildman–Crippen MR) is 99.4 cm³/mol. The zero-order chi connectivity index (χ0) is 18.0. The van der Waals surface area contributed by atoms with E-state index in [4.69, 9.17) is 10.5 Å². The maximum atomic E-state index is 12.5. The van der Waals surface area contributed by atoms with E-state index in [2.05, 4.69) is 43.1 Å². The molecule has 1 aromatic carbocycles. The Balaban J connectivity index is 1.59. The van der Waals surface area contributed by atoms with Crippen molar-refractivity contribution in [3.63, 3.8) is 0 Å². The molecule has 25 heavy (non-hydrogen) atoms. The Morgan fingerprint density at radius 1 is 1.24 bits per heavy atom. The van der Waals surface area contributed by atoms with Gasteiger partial charge in [-0.25, -0.2) is 0 Å². The largest absolute Gasteiger partial charge is 0.373 e. The Labute approximate surface area is 150 Å². The first-order chi connectivity index (χ1) is 11.9. The summed E-state index contributed by atoms with van der Waals surface area (Å²) >= 11 is 0. The average Bonchev–Trinajstić information content (AvgIpc) is 3.39. The monoisotopic (exact) mass is 345 g/mol. The SMILES string of the molecule is CC1CN(Cc2ccc(C(=O)NC(C)(CN)C3CC3)cc2)CC(C)O1. The summed E-state index contributed by atoms with van der Waals surface area (Å²) in [6, 6.07) is 7.94. The smallest absolute Gasteiger partial charge is 0.251 e. The Bertz CT molecular complexity index is 589. The van der Waals surface area contributed by atoms with Gasteiger partial charge in [-0.15, -0.1) is 0 Å². The topological polar surface area (TPSA) is 67.6 Å². The summed E-state index contributed by atoms with van der Waals surface area (Å²) in [4.78, 5) is 15.0. The van der Waals surface area contributed by atoms with Gasteiger partial charge in [0.15, 0.2) is 0 Å². The van der Waals surface area contributed by atoms with Crippen LogP contribution in [-0.2, 0) is 11.3 Å². The van der Waals surface area contributed by atoms with E-state index in [0.29, 0.717) is 18.0 Å². The lowest BCUT2D eigenvalue weighted by atomic mass is 9.95. The Kier molecular flexibility index (Phi) is 5.46. The van der Waals surface area contributed by atoms with Gasteiger partial charge in [0.1, 0.15) is 0 Å². The van der Waals surface area contributed by atoms with Crippen LogP contribution in [-0.4, -0.2) is 48.2 Å². The lowest BCUT2D eigenvalue weighted by Crippen LogP contribution is -2.53. The van der Waals surface area contributed by atoms with Crippen LogP contribution in [0.3, 0.4) is 0 Å². The van der Waals surface area contributed by atoms with Gasteiger partial charge in [-0.3, -0.25) is 9.69 Å². The summed E-state index contributed by atoms with van der Waals surface area (Å²) < 4.78 is 5.78. The molecular formula is C20H31N3O2. The standard InChI is InChI=1S/C20H31N3O2/c1-14-10-23(11-15(2)25-14)12-16-4-6-17(7-5-16)19(24)22-20(3,13-21)18-8-9-18/h4-7,14-15,18H,8-13,21H2,1-3H3,(H,22,24). The molecule has 2 aliphatic rings. The van der Waals surface area contributed by atoms with Gasteiger partial charge in [-0.05, 0) is 57.2 Å². The lowest BCUT2D eigenvalue weighted by molar-refractivity contribution is -0.0704. The Morgan fingerprint density at radius 2 is 1.84 bits per heavy atom. The van der Waals surface area contributed by atoms with Gasteiger partial charge in [0.2, 0.25) is 0 Å². The number of benzene rings is 1. The van der Waals surface area contributed by atoms with E-state index in [0.717, 1.165) is 32.5 Å². The molecule has 3 unspecified atom stereocenters. The molecule has 0 radical (unpaired) electrons. The van der Waals surface area contributed by atoms with E-state index < -0.39 is 0 Å². The first-order valence-electron chi connectivity index (χ1n) is 9.39. The molecule has 1 aromatic rings. The molecule has 1 heterocycles. The van der Waals surface area contributed by atoms with Crippen LogP contribution in [0.2, 0.25) is 0 Å². The molecule has 1 saturated carbocycles. The van der Waals surface area contributed by atoms with Crippen molar-refractivity contribution in [2.45, 2.75) is 57.9 Å². The van der Waals surface area contributed by atoms with Crippen molar-refractivity contribution in [1.82, 2.24) is 10.2 Å². The zero-order valence-electron chi connectivity index (χ0n) is 15.6. The second-order valence-corrected chi connectivity index (χ2v) is 8.00. The van der Waals surface area contributed by atoms with Gasteiger partial charge in [-0.1, -0.05) is 12.1 Å². The van der Waals surface area contributed by atoms with Gasteiger partial charge < -0.3 is 15.8 Å². The van der Waals surface area contributed by atoms with E-state index in [1.807, 2.05) is 12.1 Å². The first-order valence-corrected chi connectivity index (χ1v) is 9.39. The van der Waals surface area contributed by atoms with Crippen molar-refractivity contribution >= 4 is 5.91 Å². The van der Waals surface area contributed by atoms with Crippen LogP contribution in [0.4, 0.5) is 0 Å². The molecule has 3 N–H and O–H groups in total. The van der Waals surface area contributed by atoms with Gasteiger partial charge in [0, 0.05) is 31.7 Å². The fourth-order valence-corrected chi connectivity index (χ4v) is 3.80. The van der Waals surface area contributed by atoms with Crippen LogP contribution in [0.25, 0.3) is 0 Å². The normalized spacial score (nSPS) is 26.9. The third kappa shape index (κ3) is 4.60. The summed E-state index contributed by atoms with van der Waals surface area (Å²) in [7, 11) is 0. The van der Waals surface area contributed by atoms with Crippen molar-refractivity contribution in [2.24, 2.45) is 11.7 Å². The molecule has 0 spiro atoms. The van der Waals surface area contributed by atoms with Crippen LogP contribution in [0, 0.1) is 5.92 Å². The van der Waals surface area contributed by atoms with E-state index in [1.165, 1.54) is 5.56 Å². The molecule has 2 fully saturated rings. The van der Waals surface area contributed by atoms with Crippen molar-refractivity contribution < 1.29 is 9.53 Å². The van der Waals surface area contributed by atoms with E-state index in [-0.39, 0.29) is 23.7 Å². The molecule has 5 nitrogen and oxygen atoms in total. The van der Waals surface area contributed by atoms with Crippen LogP contribution < -0.4 is 11.1 Å². The minimum Gasteiger partial charge on any atom is -0.373 e. The number of carbonyl (C=O) groups excluding carboxylic acids is 1. The summed E-state index contributed by atoms with van der Waals surface area (Å²) in [5, 5.41) is 3.14. The summed E-state index contributed by atoms with van der Waals surface area (Å²) in [5.74, 6) is 0.492. The molecular weight excluding hydrogens is 314 g/mol. The highest BCUT2D eigenvalue weighted by atomic mass is 16.5. The Morgan fingerprint density at radius 3 is 2.36 bits per heavy atom. The average molecular weight is 345 g/mol. The number of morpholine rings is 1. The van der Waals surface area contributed by atoms with E-state index >= 15 is 0 Å². The number of nitrogens with two attached hydrogens (primary N) is 1. The van der Waals surface area contributed by atoms with Crippen molar-refractivity contribution in [3.05, 3.63) is 35.4 Å². The van der Waals surface area contributed by atoms with Gasteiger partial charge in [0.25, 0.3) is 5.91 Å². The fourth-order valence-electron chi connectivity index (χ4n) is 3.80. The summed E-state index contributed by atoms with van der Waals surface area (Å²) in [6.45, 7) is 9.55. The van der Waals surface area contributed by atoms with E-state index in [9.17, 15) is 4.79 Å². The van der Waals surface area contributed by atoms with Gasteiger partial charge >= 0.3 is 0 Å². The van der Waals surface area contributed by atoms with Crippen molar-refractivity contribution in [1.29, 1.82) is 0 Å². The molecule has 1 saturated heterocycles. The summed E-state index contributed by atoms with van der Waals surface area (Å²) in [6.07, 6.45) is 2.85. The van der Waals surface area contributed by atoms with Gasteiger partial charge in [-0.2, -0.15) is 0 Å². The summed E-state index contributed by atoms with van der Waals surface area (Å²) in [5.41, 5.74) is 7.54. The molecule has 138 valence electrons. The highest BCUT2D eigenvalue weighted by Gasteiger charge is 2.41. The number of rotatable bonds is 6. The molecule has 0 bridgehead atoms.